The predicted octanol–water partition coefficient (Wildman–Crippen LogP) is 4.48. The van der Waals surface area contributed by atoms with E-state index in [1.807, 2.05) is 35.7 Å². The quantitative estimate of drug-likeness (QED) is 0.639. The number of benzene rings is 2. The molecule has 0 saturated carbocycles. The minimum Gasteiger partial charge on any atom is -0.370 e. The minimum atomic E-state index is -0.413. The van der Waals surface area contributed by atoms with Gasteiger partial charge in [0, 0.05) is 35.9 Å². The first-order valence-electron chi connectivity index (χ1n) is 9.34. The first kappa shape index (κ1) is 18.8. The van der Waals surface area contributed by atoms with Crippen LogP contribution in [0.15, 0.2) is 60.0 Å². The van der Waals surface area contributed by atoms with Crippen LogP contribution in [0.5, 0.6) is 0 Å². The zero-order chi connectivity index (χ0) is 19.3. The van der Waals surface area contributed by atoms with Gasteiger partial charge in [0.25, 0.3) is 0 Å². The van der Waals surface area contributed by atoms with Gasteiger partial charge in [-0.3, -0.25) is 4.79 Å². The average molecular weight is 396 g/mol. The van der Waals surface area contributed by atoms with Crippen molar-refractivity contribution in [2.45, 2.75) is 18.9 Å². The normalized spacial score (nSPS) is 16.9. The number of hydrogen-bond donors (Lipinski definition) is 0. The number of aryl methyl sites for hydroxylation is 1. The molecule has 1 aliphatic heterocycles. The molecule has 4 nitrogen and oxygen atoms in total. The van der Waals surface area contributed by atoms with E-state index >= 15 is 0 Å². The van der Waals surface area contributed by atoms with Crippen LogP contribution in [0.3, 0.4) is 0 Å². The highest BCUT2D eigenvalue weighted by molar-refractivity contribution is 7.09. The van der Waals surface area contributed by atoms with E-state index in [1.54, 1.807) is 34.4 Å². The Morgan fingerprint density at radius 3 is 2.79 bits per heavy atom. The van der Waals surface area contributed by atoms with Crippen LogP contribution in [0.1, 0.15) is 23.1 Å². The van der Waals surface area contributed by atoms with E-state index in [-0.39, 0.29) is 11.7 Å². The third-order valence-corrected chi connectivity index (χ3v) is 5.75. The van der Waals surface area contributed by atoms with Crippen molar-refractivity contribution in [3.8, 4) is 11.3 Å². The summed E-state index contributed by atoms with van der Waals surface area (Å²) in [5.41, 5.74) is 2.53. The maximum Gasteiger partial charge on any atom is 0.223 e. The number of ether oxygens (including phenoxy) is 1. The average Bonchev–Trinajstić information content (AvgIpc) is 3.22. The lowest BCUT2D eigenvalue weighted by molar-refractivity contribution is -0.139. The van der Waals surface area contributed by atoms with Gasteiger partial charge in [0.1, 0.15) is 11.9 Å². The topological polar surface area (TPSA) is 42.4 Å². The van der Waals surface area contributed by atoms with Crippen LogP contribution in [-0.4, -0.2) is 35.5 Å². The largest absolute Gasteiger partial charge is 0.370 e. The van der Waals surface area contributed by atoms with Crippen molar-refractivity contribution in [1.29, 1.82) is 0 Å². The number of carbonyl (C=O) groups excluding carboxylic acids is 1. The summed E-state index contributed by atoms with van der Waals surface area (Å²) < 4.78 is 19.7. The van der Waals surface area contributed by atoms with Crippen molar-refractivity contribution in [2.75, 3.05) is 19.7 Å². The Morgan fingerprint density at radius 2 is 1.96 bits per heavy atom. The van der Waals surface area contributed by atoms with E-state index in [0.717, 1.165) is 16.3 Å². The number of nitrogens with zero attached hydrogens (tertiary/aromatic N) is 2. The molecule has 1 aliphatic rings. The molecule has 6 heteroatoms. The molecule has 1 saturated heterocycles. The van der Waals surface area contributed by atoms with E-state index in [0.29, 0.717) is 38.1 Å². The molecule has 3 aromatic rings. The molecule has 4 rings (SSSR count). The summed E-state index contributed by atoms with van der Waals surface area (Å²) in [7, 11) is 0. The summed E-state index contributed by atoms with van der Waals surface area (Å²) in [4.78, 5) is 19.1. The van der Waals surface area contributed by atoms with Gasteiger partial charge < -0.3 is 9.64 Å². The molecular formula is C22H21FN2O2S. The van der Waals surface area contributed by atoms with E-state index in [9.17, 15) is 9.18 Å². The van der Waals surface area contributed by atoms with Gasteiger partial charge in [-0.15, -0.1) is 11.3 Å². The van der Waals surface area contributed by atoms with Gasteiger partial charge in [-0.2, -0.15) is 0 Å². The zero-order valence-corrected chi connectivity index (χ0v) is 16.2. The first-order chi connectivity index (χ1) is 13.7. The monoisotopic (exact) mass is 396 g/mol. The molecule has 1 atom stereocenters. The van der Waals surface area contributed by atoms with Crippen LogP contribution in [0.25, 0.3) is 11.3 Å². The Balaban J connectivity index is 1.35. The number of thiazole rings is 1. The fraction of sp³-hybridized carbons (Fsp3) is 0.273. The van der Waals surface area contributed by atoms with Crippen LogP contribution in [0, 0.1) is 5.82 Å². The summed E-state index contributed by atoms with van der Waals surface area (Å²) in [5, 5.41) is 2.98. The second-order valence-corrected chi connectivity index (χ2v) is 7.66. The van der Waals surface area contributed by atoms with Crippen molar-refractivity contribution in [2.24, 2.45) is 0 Å². The maximum absolute atomic E-state index is 14.0. The van der Waals surface area contributed by atoms with E-state index in [2.05, 4.69) is 4.98 Å². The van der Waals surface area contributed by atoms with Gasteiger partial charge >= 0.3 is 0 Å². The SMILES string of the molecule is O=C(CCc1nc(-c2ccccc2)cs1)N1CCOC(c2ccccc2F)C1. The fourth-order valence-corrected chi connectivity index (χ4v) is 4.15. The van der Waals surface area contributed by atoms with Crippen molar-refractivity contribution in [3.05, 3.63) is 76.4 Å². The lowest BCUT2D eigenvalue weighted by Gasteiger charge is -2.33. The van der Waals surface area contributed by atoms with E-state index < -0.39 is 6.10 Å². The molecule has 0 aliphatic carbocycles. The molecule has 1 amide bonds. The van der Waals surface area contributed by atoms with Crippen LogP contribution in [-0.2, 0) is 16.0 Å². The van der Waals surface area contributed by atoms with Crippen molar-refractivity contribution in [1.82, 2.24) is 9.88 Å². The number of halogens is 1. The van der Waals surface area contributed by atoms with Gasteiger partial charge in [0.2, 0.25) is 5.91 Å². The summed E-state index contributed by atoms with van der Waals surface area (Å²) in [6.45, 7) is 1.34. The molecular weight excluding hydrogens is 375 g/mol. The smallest absolute Gasteiger partial charge is 0.223 e. The number of morpholine rings is 1. The molecule has 144 valence electrons. The van der Waals surface area contributed by atoms with Gasteiger partial charge in [0.15, 0.2) is 0 Å². The number of carbonyl (C=O) groups is 1. The highest BCUT2D eigenvalue weighted by Crippen LogP contribution is 2.26. The minimum absolute atomic E-state index is 0.0566. The molecule has 1 aromatic heterocycles. The third-order valence-electron chi connectivity index (χ3n) is 4.85. The second kappa shape index (κ2) is 8.63. The standard InChI is InChI=1S/C22H21FN2O2S/c23-18-9-5-4-8-17(18)20-14-25(12-13-27-20)22(26)11-10-21-24-19(15-28-21)16-6-2-1-3-7-16/h1-9,15,20H,10-14H2. The number of rotatable bonds is 5. The van der Waals surface area contributed by atoms with Gasteiger partial charge in [-0.05, 0) is 6.07 Å². The molecule has 1 unspecified atom stereocenters. The Bertz CT molecular complexity index is 944. The van der Waals surface area contributed by atoms with Crippen LogP contribution in [0.4, 0.5) is 4.39 Å². The third kappa shape index (κ3) is 4.29. The molecule has 2 aromatic carbocycles. The lowest BCUT2D eigenvalue weighted by atomic mass is 10.1. The highest BCUT2D eigenvalue weighted by atomic mass is 32.1. The summed E-state index contributed by atoms with van der Waals surface area (Å²) in [6.07, 6.45) is 0.590. The molecule has 2 heterocycles. The Kier molecular flexibility index (Phi) is 5.78. The summed E-state index contributed by atoms with van der Waals surface area (Å²) in [5.74, 6) is -0.237. The van der Waals surface area contributed by atoms with E-state index in [4.69, 9.17) is 4.74 Å². The molecule has 0 radical (unpaired) electrons. The lowest BCUT2D eigenvalue weighted by Crippen LogP contribution is -2.42. The molecule has 0 spiro atoms. The molecule has 0 N–H and O–H groups in total. The number of amides is 1. The van der Waals surface area contributed by atoms with Crippen molar-refractivity contribution >= 4 is 17.2 Å². The zero-order valence-electron chi connectivity index (χ0n) is 15.4. The highest BCUT2D eigenvalue weighted by Gasteiger charge is 2.27. The predicted molar refractivity (Wildman–Crippen MR) is 108 cm³/mol. The fourth-order valence-electron chi connectivity index (χ4n) is 3.34. The number of aromatic nitrogens is 1. The Hall–Kier alpha value is -2.57. The maximum atomic E-state index is 14.0. The van der Waals surface area contributed by atoms with Crippen molar-refractivity contribution < 1.29 is 13.9 Å². The summed E-state index contributed by atoms with van der Waals surface area (Å²) in [6, 6.07) is 16.6. The van der Waals surface area contributed by atoms with Gasteiger partial charge in [-0.25, -0.2) is 9.37 Å². The first-order valence-corrected chi connectivity index (χ1v) is 10.2. The van der Waals surface area contributed by atoms with Gasteiger partial charge in [0.05, 0.1) is 23.9 Å². The molecule has 28 heavy (non-hydrogen) atoms. The van der Waals surface area contributed by atoms with Crippen molar-refractivity contribution in [3.63, 3.8) is 0 Å². The van der Waals surface area contributed by atoms with Crippen LogP contribution in [0.2, 0.25) is 0 Å². The Labute approximate surface area is 167 Å². The molecule has 1 fully saturated rings. The van der Waals surface area contributed by atoms with Crippen LogP contribution >= 0.6 is 11.3 Å². The van der Waals surface area contributed by atoms with Crippen LogP contribution < -0.4 is 0 Å². The molecule has 0 bridgehead atoms. The van der Waals surface area contributed by atoms with Gasteiger partial charge in [-0.1, -0.05) is 48.5 Å². The van der Waals surface area contributed by atoms with E-state index in [1.165, 1.54) is 6.07 Å². The Morgan fingerprint density at radius 1 is 1.18 bits per heavy atom. The summed E-state index contributed by atoms with van der Waals surface area (Å²) >= 11 is 1.58. The second-order valence-electron chi connectivity index (χ2n) is 6.71. The number of hydrogen-bond acceptors (Lipinski definition) is 4.